The van der Waals surface area contributed by atoms with Crippen LogP contribution >= 0.6 is 12.4 Å². The minimum absolute atomic E-state index is 0. The van der Waals surface area contributed by atoms with Crippen LogP contribution in [0, 0.1) is 11.8 Å². The van der Waals surface area contributed by atoms with Gasteiger partial charge in [0.2, 0.25) is 5.91 Å². The predicted octanol–water partition coefficient (Wildman–Crippen LogP) is 3.21. The highest BCUT2D eigenvalue weighted by Gasteiger charge is 2.23. The first-order valence-corrected chi connectivity index (χ1v) is 7.56. The lowest BCUT2D eigenvalue weighted by Crippen LogP contribution is -2.46. The molecule has 1 aliphatic carbocycles. The van der Waals surface area contributed by atoms with E-state index in [2.05, 4.69) is 13.8 Å². The normalized spacial score (nSPS) is 19.4. The average Bonchev–Trinajstić information content (AvgIpc) is 2.43. The van der Waals surface area contributed by atoms with Gasteiger partial charge in [0.05, 0.1) is 6.04 Å². The van der Waals surface area contributed by atoms with Gasteiger partial charge in [0, 0.05) is 13.6 Å². The maximum Gasteiger partial charge on any atom is 0.239 e. The minimum Gasteiger partial charge on any atom is -0.344 e. The van der Waals surface area contributed by atoms with Gasteiger partial charge in [-0.1, -0.05) is 52.4 Å². The van der Waals surface area contributed by atoms with Gasteiger partial charge in [-0.2, -0.15) is 0 Å². The summed E-state index contributed by atoms with van der Waals surface area (Å²) in [7, 11) is 1.90. The Morgan fingerprint density at radius 3 is 2.42 bits per heavy atom. The summed E-state index contributed by atoms with van der Waals surface area (Å²) in [5.41, 5.74) is 5.99. The fraction of sp³-hybridized carbons (Fsp3) is 0.933. The van der Waals surface area contributed by atoms with Gasteiger partial charge in [-0.3, -0.25) is 4.79 Å². The number of hydrogen-bond donors (Lipinski definition) is 1. The lowest BCUT2D eigenvalue weighted by molar-refractivity contribution is -0.132. The third-order valence-electron chi connectivity index (χ3n) is 4.52. The molecule has 19 heavy (non-hydrogen) atoms. The summed E-state index contributed by atoms with van der Waals surface area (Å²) in [5, 5.41) is 0. The highest BCUT2D eigenvalue weighted by atomic mass is 35.5. The molecule has 0 spiro atoms. The molecule has 2 unspecified atom stereocenters. The summed E-state index contributed by atoms with van der Waals surface area (Å²) in [6.45, 7) is 5.00. The van der Waals surface area contributed by atoms with Crippen LogP contribution in [0.2, 0.25) is 0 Å². The molecule has 0 aromatic rings. The highest BCUT2D eigenvalue weighted by Crippen LogP contribution is 2.26. The van der Waals surface area contributed by atoms with E-state index in [1.54, 1.807) is 0 Å². The van der Waals surface area contributed by atoms with Crippen molar-refractivity contribution in [3.05, 3.63) is 0 Å². The van der Waals surface area contributed by atoms with E-state index in [9.17, 15) is 4.79 Å². The van der Waals surface area contributed by atoms with Gasteiger partial charge in [0.1, 0.15) is 0 Å². The fourth-order valence-electron chi connectivity index (χ4n) is 2.71. The highest BCUT2D eigenvalue weighted by molar-refractivity contribution is 5.85. The third kappa shape index (κ3) is 6.13. The first-order valence-electron chi connectivity index (χ1n) is 7.56. The van der Waals surface area contributed by atoms with Gasteiger partial charge >= 0.3 is 0 Å². The summed E-state index contributed by atoms with van der Waals surface area (Å²) in [4.78, 5) is 14.0. The van der Waals surface area contributed by atoms with Gasteiger partial charge in [-0.25, -0.2) is 0 Å². The summed E-state index contributed by atoms with van der Waals surface area (Å²) in [5.74, 6) is 1.21. The van der Waals surface area contributed by atoms with Crippen molar-refractivity contribution in [2.45, 2.75) is 64.8 Å². The largest absolute Gasteiger partial charge is 0.344 e. The SMILES string of the molecule is CCC(C)C(N)C(=O)N(C)CCC1CCCCC1.Cl. The molecule has 114 valence electrons. The maximum absolute atomic E-state index is 12.1. The van der Waals surface area contributed by atoms with Crippen LogP contribution in [0.25, 0.3) is 0 Å². The van der Waals surface area contributed by atoms with Crippen LogP contribution in [0.15, 0.2) is 0 Å². The van der Waals surface area contributed by atoms with Crippen molar-refractivity contribution in [2.24, 2.45) is 17.6 Å². The van der Waals surface area contributed by atoms with Gasteiger partial charge in [0.15, 0.2) is 0 Å². The number of carbonyl (C=O) groups excluding carboxylic acids is 1. The topological polar surface area (TPSA) is 46.3 Å². The van der Waals surface area contributed by atoms with Crippen LogP contribution in [0.4, 0.5) is 0 Å². The Kier molecular flexibility index (Phi) is 9.46. The Bertz CT molecular complexity index is 255. The minimum atomic E-state index is -0.327. The van der Waals surface area contributed by atoms with E-state index in [0.717, 1.165) is 25.3 Å². The number of likely N-dealkylation sites (N-methyl/N-ethyl adjacent to an activating group) is 1. The summed E-state index contributed by atoms with van der Waals surface area (Å²) in [6, 6.07) is -0.327. The van der Waals surface area contributed by atoms with Crippen molar-refractivity contribution in [3.63, 3.8) is 0 Å². The maximum atomic E-state index is 12.1. The zero-order chi connectivity index (χ0) is 13.5. The molecular weight excluding hydrogens is 260 g/mol. The first kappa shape index (κ1) is 18.7. The molecule has 0 heterocycles. The second-order valence-electron chi connectivity index (χ2n) is 5.96. The van der Waals surface area contributed by atoms with Crippen molar-refractivity contribution < 1.29 is 4.79 Å². The van der Waals surface area contributed by atoms with Crippen molar-refractivity contribution in [1.29, 1.82) is 0 Å². The Morgan fingerprint density at radius 2 is 1.89 bits per heavy atom. The van der Waals surface area contributed by atoms with Crippen LogP contribution in [0.3, 0.4) is 0 Å². The Balaban J connectivity index is 0.00000324. The summed E-state index contributed by atoms with van der Waals surface area (Å²) in [6.07, 6.45) is 8.94. The van der Waals surface area contributed by atoms with Crippen LogP contribution in [0.5, 0.6) is 0 Å². The molecule has 2 N–H and O–H groups in total. The predicted molar refractivity (Wildman–Crippen MR) is 83.5 cm³/mol. The van der Waals surface area contributed by atoms with E-state index >= 15 is 0 Å². The first-order chi connectivity index (χ1) is 8.56. The lowest BCUT2D eigenvalue weighted by Gasteiger charge is -2.27. The van der Waals surface area contributed by atoms with Crippen molar-refractivity contribution in [2.75, 3.05) is 13.6 Å². The Morgan fingerprint density at radius 1 is 1.32 bits per heavy atom. The number of carbonyl (C=O) groups is 1. The van der Waals surface area contributed by atoms with Gasteiger partial charge in [0.25, 0.3) is 0 Å². The van der Waals surface area contributed by atoms with Crippen LogP contribution in [0.1, 0.15) is 58.8 Å². The van der Waals surface area contributed by atoms with Crippen LogP contribution in [-0.2, 0) is 4.79 Å². The molecule has 1 fully saturated rings. The molecule has 0 radical (unpaired) electrons. The quantitative estimate of drug-likeness (QED) is 0.816. The third-order valence-corrected chi connectivity index (χ3v) is 4.52. The lowest BCUT2D eigenvalue weighted by atomic mass is 9.87. The Hall–Kier alpha value is -0.280. The van der Waals surface area contributed by atoms with E-state index in [0.29, 0.717) is 0 Å². The molecule has 0 aliphatic heterocycles. The number of halogens is 1. The molecular formula is C15H31ClN2O. The van der Waals surface area contributed by atoms with E-state index < -0.39 is 0 Å². The second kappa shape index (κ2) is 9.60. The zero-order valence-electron chi connectivity index (χ0n) is 12.7. The molecule has 0 bridgehead atoms. The molecule has 4 heteroatoms. The average molecular weight is 291 g/mol. The smallest absolute Gasteiger partial charge is 0.239 e. The number of rotatable bonds is 6. The van der Waals surface area contributed by atoms with E-state index in [-0.39, 0.29) is 30.3 Å². The Labute approximate surface area is 124 Å². The second-order valence-corrected chi connectivity index (χ2v) is 5.96. The molecule has 1 saturated carbocycles. The molecule has 0 saturated heterocycles. The molecule has 1 aliphatic rings. The molecule has 1 amide bonds. The number of nitrogens with two attached hydrogens (primary N) is 1. The standard InChI is InChI=1S/C15H30N2O.ClH/c1-4-12(2)14(16)15(18)17(3)11-10-13-8-6-5-7-9-13;/h12-14H,4-11,16H2,1-3H3;1H. The zero-order valence-corrected chi connectivity index (χ0v) is 13.5. The molecule has 0 aromatic carbocycles. The summed E-state index contributed by atoms with van der Waals surface area (Å²) >= 11 is 0. The molecule has 3 nitrogen and oxygen atoms in total. The van der Waals surface area contributed by atoms with Crippen LogP contribution in [-0.4, -0.2) is 30.4 Å². The summed E-state index contributed by atoms with van der Waals surface area (Å²) < 4.78 is 0. The van der Waals surface area contributed by atoms with Crippen molar-refractivity contribution in [1.82, 2.24) is 4.90 Å². The van der Waals surface area contributed by atoms with Gasteiger partial charge in [-0.15, -0.1) is 12.4 Å². The fourth-order valence-corrected chi connectivity index (χ4v) is 2.71. The monoisotopic (exact) mass is 290 g/mol. The van der Waals surface area contributed by atoms with Crippen LogP contribution < -0.4 is 5.73 Å². The molecule has 0 aromatic heterocycles. The number of amides is 1. The van der Waals surface area contributed by atoms with Crippen molar-refractivity contribution >= 4 is 18.3 Å². The van der Waals surface area contributed by atoms with Crippen molar-refractivity contribution in [3.8, 4) is 0 Å². The van der Waals surface area contributed by atoms with E-state index in [1.165, 1.54) is 32.1 Å². The van der Waals surface area contributed by atoms with Gasteiger partial charge in [-0.05, 0) is 18.3 Å². The van der Waals surface area contributed by atoms with E-state index in [1.807, 2.05) is 11.9 Å². The molecule has 1 rings (SSSR count). The van der Waals surface area contributed by atoms with E-state index in [4.69, 9.17) is 5.73 Å². The van der Waals surface area contributed by atoms with Gasteiger partial charge < -0.3 is 10.6 Å². The number of nitrogens with zero attached hydrogens (tertiary/aromatic N) is 1. The molecule has 2 atom stereocenters. The number of hydrogen-bond acceptors (Lipinski definition) is 2.